The highest BCUT2D eigenvalue weighted by atomic mass is 32.2. The van der Waals surface area contributed by atoms with Gasteiger partial charge >= 0.3 is 12.4 Å². The first-order valence-corrected chi connectivity index (χ1v) is 13.5. The van der Waals surface area contributed by atoms with Gasteiger partial charge in [-0.2, -0.15) is 31.3 Å². The zero-order valence-corrected chi connectivity index (χ0v) is 22.8. The SMILES string of the molecule is COc1cc(C=C2SC(N3CCC(c4ccccn4)C3)=NC2=O)ccc1OCc1ccc(C(F)(F)F)cc1C(F)(F)F. The van der Waals surface area contributed by atoms with E-state index >= 15 is 0 Å². The zero-order chi connectivity index (χ0) is 30.1. The maximum atomic E-state index is 13.5. The van der Waals surface area contributed by atoms with Gasteiger partial charge in [-0.15, -0.1) is 0 Å². The number of likely N-dealkylation sites (tertiary alicyclic amines) is 1. The molecular weight excluding hydrogens is 584 g/mol. The summed E-state index contributed by atoms with van der Waals surface area (Å²) in [7, 11) is 1.33. The first-order chi connectivity index (χ1) is 19.9. The molecule has 220 valence electrons. The van der Waals surface area contributed by atoms with Crippen LogP contribution >= 0.6 is 11.8 Å². The number of amides is 1. The molecule has 5 rings (SSSR count). The van der Waals surface area contributed by atoms with E-state index in [1.54, 1.807) is 24.4 Å². The quantitative estimate of drug-likeness (QED) is 0.219. The number of methoxy groups -OCH3 is 1. The van der Waals surface area contributed by atoms with Crippen molar-refractivity contribution in [3.8, 4) is 11.5 Å². The summed E-state index contributed by atoms with van der Waals surface area (Å²) in [6.07, 6.45) is -5.67. The normalized spacial score (nSPS) is 18.5. The molecule has 2 aliphatic rings. The van der Waals surface area contributed by atoms with Gasteiger partial charge in [0.2, 0.25) is 0 Å². The van der Waals surface area contributed by atoms with Crippen LogP contribution in [0.15, 0.2) is 70.7 Å². The van der Waals surface area contributed by atoms with E-state index in [1.165, 1.54) is 24.9 Å². The molecule has 6 nitrogen and oxygen atoms in total. The molecule has 2 aromatic carbocycles. The van der Waals surface area contributed by atoms with Crippen LogP contribution in [0.5, 0.6) is 11.5 Å². The van der Waals surface area contributed by atoms with Gasteiger partial charge in [-0.1, -0.05) is 18.2 Å². The predicted octanol–water partition coefficient (Wildman–Crippen LogP) is 7.17. The number of hydrogen-bond donors (Lipinski definition) is 0. The first-order valence-electron chi connectivity index (χ1n) is 12.7. The predicted molar refractivity (Wildman–Crippen MR) is 145 cm³/mol. The van der Waals surface area contributed by atoms with Crippen LogP contribution < -0.4 is 9.47 Å². The van der Waals surface area contributed by atoms with Crippen LogP contribution in [0.1, 0.15) is 40.3 Å². The van der Waals surface area contributed by atoms with E-state index in [0.29, 0.717) is 28.2 Å². The van der Waals surface area contributed by atoms with Crippen molar-refractivity contribution >= 4 is 28.9 Å². The third-order valence-corrected chi connectivity index (χ3v) is 7.83. The summed E-state index contributed by atoms with van der Waals surface area (Å²) in [4.78, 5) is 23.7. The van der Waals surface area contributed by atoms with E-state index in [0.717, 1.165) is 24.7 Å². The van der Waals surface area contributed by atoms with Crippen molar-refractivity contribution in [2.75, 3.05) is 20.2 Å². The van der Waals surface area contributed by atoms with Gasteiger partial charge in [0, 0.05) is 36.5 Å². The molecule has 1 amide bonds. The molecule has 0 aliphatic carbocycles. The lowest BCUT2D eigenvalue weighted by Gasteiger charge is -2.17. The van der Waals surface area contributed by atoms with Gasteiger partial charge in [0.15, 0.2) is 16.7 Å². The number of thioether (sulfide) groups is 1. The van der Waals surface area contributed by atoms with Crippen LogP contribution in [-0.4, -0.2) is 41.2 Å². The fourth-order valence-electron chi connectivity index (χ4n) is 4.67. The lowest BCUT2D eigenvalue weighted by Crippen LogP contribution is -2.24. The van der Waals surface area contributed by atoms with Crippen molar-refractivity contribution < 1.29 is 40.6 Å². The topological polar surface area (TPSA) is 64.0 Å². The van der Waals surface area contributed by atoms with E-state index in [-0.39, 0.29) is 23.5 Å². The summed E-state index contributed by atoms with van der Waals surface area (Å²) in [5, 5.41) is 0.605. The molecule has 1 saturated heterocycles. The van der Waals surface area contributed by atoms with Gasteiger partial charge in [0.25, 0.3) is 5.91 Å². The summed E-state index contributed by atoms with van der Waals surface area (Å²) >= 11 is 1.25. The van der Waals surface area contributed by atoms with Crippen molar-refractivity contribution in [1.82, 2.24) is 9.88 Å². The van der Waals surface area contributed by atoms with Crippen molar-refractivity contribution in [3.05, 3.63) is 93.6 Å². The Hall–Kier alpha value is -4.00. The number of rotatable bonds is 6. The van der Waals surface area contributed by atoms with Gasteiger partial charge < -0.3 is 14.4 Å². The Bertz CT molecular complexity index is 1540. The molecule has 3 aromatic rings. The number of halogens is 6. The second-order valence-electron chi connectivity index (χ2n) is 9.56. The minimum absolute atomic E-state index is 0.0681. The van der Waals surface area contributed by atoms with Crippen LogP contribution in [0.3, 0.4) is 0 Å². The van der Waals surface area contributed by atoms with Gasteiger partial charge in [0.05, 0.1) is 23.1 Å². The first kappa shape index (κ1) is 29.5. The van der Waals surface area contributed by atoms with E-state index in [9.17, 15) is 31.1 Å². The van der Waals surface area contributed by atoms with E-state index < -0.39 is 41.6 Å². The Balaban J connectivity index is 1.27. The van der Waals surface area contributed by atoms with E-state index in [2.05, 4.69) is 14.9 Å². The molecule has 1 unspecified atom stereocenters. The number of nitrogens with zero attached hydrogens (tertiary/aromatic N) is 3. The largest absolute Gasteiger partial charge is 0.493 e. The summed E-state index contributed by atoms with van der Waals surface area (Å²) in [5.74, 6) is 0.0913. The number of ether oxygens (including phenoxy) is 2. The van der Waals surface area contributed by atoms with Crippen LogP contribution in [0.25, 0.3) is 6.08 Å². The number of benzene rings is 2. The molecule has 0 bridgehead atoms. The lowest BCUT2D eigenvalue weighted by atomic mass is 10.0. The fourth-order valence-corrected chi connectivity index (χ4v) is 5.62. The minimum Gasteiger partial charge on any atom is -0.493 e. The maximum absolute atomic E-state index is 13.5. The fraction of sp³-hybridized carbons (Fsp3) is 0.276. The number of amidine groups is 1. The Morgan fingerprint density at radius 3 is 2.52 bits per heavy atom. The molecule has 1 atom stereocenters. The van der Waals surface area contributed by atoms with Crippen LogP contribution in [0.2, 0.25) is 0 Å². The highest BCUT2D eigenvalue weighted by Crippen LogP contribution is 2.39. The summed E-state index contributed by atoms with van der Waals surface area (Å²) in [6, 6.07) is 11.7. The van der Waals surface area contributed by atoms with Crippen LogP contribution in [0, 0.1) is 0 Å². The molecule has 2 aliphatic heterocycles. The molecular formula is C29H23F6N3O3S. The van der Waals surface area contributed by atoms with Crippen molar-refractivity contribution in [2.24, 2.45) is 4.99 Å². The molecule has 1 aromatic heterocycles. The van der Waals surface area contributed by atoms with Crippen molar-refractivity contribution in [3.63, 3.8) is 0 Å². The lowest BCUT2D eigenvalue weighted by molar-refractivity contribution is -0.143. The summed E-state index contributed by atoms with van der Waals surface area (Å²) in [5.41, 5.74) is -1.75. The van der Waals surface area contributed by atoms with Crippen LogP contribution in [-0.2, 0) is 23.8 Å². The van der Waals surface area contributed by atoms with Gasteiger partial charge in [-0.05, 0) is 66.2 Å². The smallest absolute Gasteiger partial charge is 0.416 e. The van der Waals surface area contributed by atoms with Gasteiger partial charge in [0.1, 0.15) is 6.61 Å². The minimum atomic E-state index is -5.01. The number of hydrogen-bond acceptors (Lipinski definition) is 6. The van der Waals surface area contributed by atoms with E-state index in [4.69, 9.17) is 9.47 Å². The molecule has 1 fully saturated rings. The van der Waals surface area contributed by atoms with Crippen LogP contribution in [0.4, 0.5) is 26.3 Å². The molecule has 13 heteroatoms. The number of aromatic nitrogens is 1. The van der Waals surface area contributed by atoms with Crippen molar-refractivity contribution in [2.45, 2.75) is 31.3 Å². The Morgan fingerprint density at radius 2 is 1.83 bits per heavy atom. The van der Waals surface area contributed by atoms with Crippen molar-refractivity contribution in [1.29, 1.82) is 0 Å². The number of aliphatic imine (C=N–C) groups is 1. The average Bonchev–Trinajstić information content (AvgIpc) is 3.59. The molecule has 3 heterocycles. The van der Waals surface area contributed by atoms with Gasteiger partial charge in [-0.3, -0.25) is 9.78 Å². The third-order valence-electron chi connectivity index (χ3n) is 6.79. The maximum Gasteiger partial charge on any atom is 0.416 e. The summed E-state index contributed by atoms with van der Waals surface area (Å²) < 4.78 is 90.2. The molecule has 42 heavy (non-hydrogen) atoms. The zero-order valence-electron chi connectivity index (χ0n) is 22.0. The number of alkyl halides is 6. The molecule has 0 N–H and O–H groups in total. The Kier molecular flexibility index (Phi) is 8.22. The highest BCUT2D eigenvalue weighted by Gasteiger charge is 2.38. The van der Waals surface area contributed by atoms with E-state index in [1.807, 2.05) is 18.2 Å². The standard InChI is InChI=1S/C29H23F6N3O3S/c1-40-24-12-17(5-8-23(24)41-16-19-6-7-20(28(30,31)32)14-21(19)29(33,34)35)13-25-26(39)37-27(42-25)38-11-9-18(15-38)22-4-2-3-10-36-22/h2-8,10,12-14,18H,9,11,15-16H2,1H3. The van der Waals surface area contributed by atoms with Gasteiger partial charge in [-0.25, -0.2) is 0 Å². The average molecular weight is 608 g/mol. The Morgan fingerprint density at radius 1 is 1.02 bits per heavy atom. The number of pyridine rings is 1. The number of carbonyl (C=O) groups excluding carboxylic acids is 1. The highest BCUT2D eigenvalue weighted by molar-refractivity contribution is 8.18. The number of carbonyl (C=O) groups is 1. The third kappa shape index (κ3) is 6.56. The molecule has 0 radical (unpaired) electrons. The molecule has 0 saturated carbocycles. The monoisotopic (exact) mass is 607 g/mol. The summed E-state index contributed by atoms with van der Waals surface area (Å²) in [6.45, 7) is 0.783. The second-order valence-corrected chi connectivity index (χ2v) is 10.6. The second kappa shape index (κ2) is 11.7. The molecule has 0 spiro atoms. The Labute approximate surface area is 241 Å².